The first-order chi connectivity index (χ1) is 15.4. The number of amides is 1. The second-order valence-corrected chi connectivity index (χ2v) is 9.71. The van der Waals surface area contributed by atoms with E-state index in [1.54, 1.807) is 36.6 Å². The highest BCUT2D eigenvalue weighted by molar-refractivity contribution is 7.89. The van der Waals surface area contributed by atoms with Crippen molar-refractivity contribution < 1.29 is 13.2 Å². The lowest BCUT2D eigenvalue weighted by Crippen LogP contribution is -2.26. The molecule has 164 valence electrons. The van der Waals surface area contributed by atoms with Gasteiger partial charge in [-0.2, -0.15) is 0 Å². The minimum atomic E-state index is -3.65. The van der Waals surface area contributed by atoms with Crippen LogP contribution in [0.3, 0.4) is 0 Å². The number of benzene rings is 2. The average molecular weight is 469 g/mol. The molecule has 2 aromatic carbocycles. The minimum Gasteiger partial charge on any atom is -0.322 e. The van der Waals surface area contributed by atoms with Gasteiger partial charge >= 0.3 is 0 Å². The van der Waals surface area contributed by atoms with Crippen molar-refractivity contribution in [1.82, 2.24) is 24.9 Å². The molecular weight excluding hydrogens is 448 g/mol. The largest absolute Gasteiger partial charge is 0.322 e. The number of tetrazole rings is 1. The summed E-state index contributed by atoms with van der Waals surface area (Å²) in [6, 6.07) is 16.9. The molecule has 0 atom stereocenters. The maximum Gasteiger partial charge on any atom is 0.255 e. The fourth-order valence-corrected chi connectivity index (χ4v) is 4.79. The molecular formula is C21H20N6O3S2. The number of hydrogen-bond acceptors (Lipinski definition) is 7. The second kappa shape index (κ2) is 9.39. The van der Waals surface area contributed by atoms with Gasteiger partial charge in [-0.1, -0.05) is 18.2 Å². The van der Waals surface area contributed by atoms with Gasteiger partial charge in [0, 0.05) is 35.3 Å². The lowest BCUT2D eigenvalue weighted by Gasteiger charge is -2.09. The first-order valence-electron chi connectivity index (χ1n) is 9.69. The van der Waals surface area contributed by atoms with Crippen LogP contribution in [-0.4, -0.2) is 41.1 Å². The zero-order valence-corrected chi connectivity index (χ0v) is 18.7. The molecule has 0 spiro atoms. The highest BCUT2D eigenvalue weighted by Crippen LogP contribution is 2.20. The van der Waals surface area contributed by atoms with Crippen LogP contribution in [0.2, 0.25) is 0 Å². The van der Waals surface area contributed by atoms with Gasteiger partial charge in [0.2, 0.25) is 10.0 Å². The zero-order chi connectivity index (χ0) is 22.6. The predicted octanol–water partition coefficient (Wildman–Crippen LogP) is 2.71. The maximum atomic E-state index is 12.6. The Morgan fingerprint density at radius 2 is 1.91 bits per heavy atom. The van der Waals surface area contributed by atoms with Crippen LogP contribution >= 0.6 is 11.3 Å². The van der Waals surface area contributed by atoms with E-state index in [9.17, 15) is 13.2 Å². The molecule has 1 amide bonds. The van der Waals surface area contributed by atoms with Crippen molar-refractivity contribution in [3.05, 3.63) is 76.5 Å². The topological polar surface area (TPSA) is 119 Å². The maximum absolute atomic E-state index is 12.6. The first kappa shape index (κ1) is 21.8. The van der Waals surface area contributed by atoms with Gasteiger partial charge < -0.3 is 5.32 Å². The summed E-state index contributed by atoms with van der Waals surface area (Å²) in [5.41, 5.74) is 1.67. The highest BCUT2D eigenvalue weighted by Gasteiger charge is 2.15. The molecule has 9 nitrogen and oxygen atoms in total. The van der Waals surface area contributed by atoms with Gasteiger partial charge in [0.15, 0.2) is 5.82 Å². The number of carbonyl (C=O) groups excluding carboxylic acids is 1. The van der Waals surface area contributed by atoms with E-state index in [1.807, 2.05) is 23.6 Å². The van der Waals surface area contributed by atoms with E-state index in [-0.39, 0.29) is 10.8 Å². The molecule has 2 heterocycles. The molecule has 4 aromatic rings. The quantitative estimate of drug-likeness (QED) is 0.410. The fraction of sp³-hybridized carbons (Fsp3) is 0.143. The first-order valence-corrected chi connectivity index (χ1v) is 12.0. The molecule has 2 N–H and O–H groups in total. The smallest absolute Gasteiger partial charge is 0.255 e. The van der Waals surface area contributed by atoms with Gasteiger partial charge in [0.1, 0.15) is 0 Å². The van der Waals surface area contributed by atoms with Gasteiger partial charge in [0.05, 0.1) is 4.90 Å². The van der Waals surface area contributed by atoms with Crippen LogP contribution in [-0.2, 0) is 23.5 Å². The van der Waals surface area contributed by atoms with E-state index in [1.165, 1.54) is 28.9 Å². The Labute approximate surface area is 189 Å². The van der Waals surface area contributed by atoms with E-state index in [4.69, 9.17) is 0 Å². The van der Waals surface area contributed by atoms with Crippen LogP contribution in [0.5, 0.6) is 0 Å². The lowest BCUT2D eigenvalue weighted by molar-refractivity contribution is 0.102. The summed E-state index contributed by atoms with van der Waals surface area (Å²) in [5, 5.41) is 16.1. The van der Waals surface area contributed by atoms with Crippen LogP contribution in [0.1, 0.15) is 15.2 Å². The number of aryl methyl sites for hydroxylation is 1. The van der Waals surface area contributed by atoms with Gasteiger partial charge in [-0.15, -0.1) is 16.4 Å². The number of anilines is 1. The van der Waals surface area contributed by atoms with Crippen LogP contribution in [0.15, 0.2) is 70.9 Å². The summed E-state index contributed by atoms with van der Waals surface area (Å²) in [6.45, 7) is 0.308. The summed E-state index contributed by atoms with van der Waals surface area (Å²) in [5.74, 6) is 0.218. The Bertz CT molecular complexity index is 1320. The van der Waals surface area contributed by atoms with Crippen LogP contribution in [0, 0.1) is 0 Å². The molecule has 2 aromatic heterocycles. The Morgan fingerprint density at radius 3 is 2.59 bits per heavy atom. The lowest BCUT2D eigenvalue weighted by atomic mass is 10.1. The molecule has 0 saturated heterocycles. The monoisotopic (exact) mass is 468 g/mol. The van der Waals surface area contributed by atoms with E-state index < -0.39 is 10.0 Å². The molecule has 32 heavy (non-hydrogen) atoms. The highest BCUT2D eigenvalue weighted by atomic mass is 32.2. The average Bonchev–Trinajstić information content (AvgIpc) is 3.45. The van der Waals surface area contributed by atoms with Crippen molar-refractivity contribution in [2.75, 3.05) is 11.9 Å². The molecule has 0 aliphatic carbocycles. The standard InChI is InChI=1S/C21H20N6O3S2/c1-27-20(24-25-26-27)16-4-2-5-17(14-16)23-21(28)15-7-9-19(10-8-15)32(29,30)22-12-11-18-6-3-13-31-18/h2-10,13-14,22H,11-12H2,1H3,(H,23,28). The molecule has 0 aliphatic rings. The molecule has 0 unspecified atom stereocenters. The number of thiophene rings is 1. The number of aromatic nitrogens is 4. The molecule has 11 heteroatoms. The van der Waals surface area contributed by atoms with Crippen LogP contribution < -0.4 is 10.0 Å². The third kappa shape index (κ3) is 5.07. The van der Waals surface area contributed by atoms with Gasteiger partial charge in [-0.05, 0) is 64.7 Å². The number of nitrogens with one attached hydrogen (secondary N) is 2. The number of rotatable bonds is 8. The number of carbonyl (C=O) groups is 1. The fourth-order valence-electron chi connectivity index (χ4n) is 3.05. The Kier molecular flexibility index (Phi) is 6.40. The SMILES string of the molecule is Cn1nnnc1-c1cccc(NC(=O)c2ccc(S(=O)(=O)NCCc3cccs3)cc2)c1. The number of hydrogen-bond donors (Lipinski definition) is 2. The van der Waals surface area contributed by atoms with Crippen LogP contribution in [0.4, 0.5) is 5.69 Å². The zero-order valence-electron chi connectivity index (χ0n) is 17.1. The van der Waals surface area contributed by atoms with Gasteiger partial charge in [-0.25, -0.2) is 17.8 Å². The Balaban J connectivity index is 1.40. The molecule has 0 aliphatic heterocycles. The Morgan fingerprint density at radius 1 is 1.09 bits per heavy atom. The summed E-state index contributed by atoms with van der Waals surface area (Å²) in [6.07, 6.45) is 0.626. The summed E-state index contributed by atoms with van der Waals surface area (Å²) in [7, 11) is -1.92. The third-order valence-corrected chi connectivity index (χ3v) is 7.08. The molecule has 0 fully saturated rings. The number of sulfonamides is 1. The van der Waals surface area contributed by atoms with Gasteiger partial charge in [-0.3, -0.25) is 4.79 Å². The van der Waals surface area contributed by atoms with Crippen molar-refractivity contribution in [3.8, 4) is 11.4 Å². The summed E-state index contributed by atoms with van der Waals surface area (Å²) in [4.78, 5) is 13.8. The summed E-state index contributed by atoms with van der Waals surface area (Å²) < 4.78 is 29.1. The minimum absolute atomic E-state index is 0.108. The van der Waals surface area contributed by atoms with E-state index in [0.29, 0.717) is 30.0 Å². The van der Waals surface area contributed by atoms with Gasteiger partial charge in [0.25, 0.3) is 5.91 Å². The van der Waals surface area contributed by atoms with Crippen molar-refractivity contribution in [3.63, 3.8) is 0 Å². The molecule has 0 radical (unpaired) electrons. The number of nitrogens with zero attached hydrogens (tertiary/aromatic N) is 4. The van der Waals surface area contributed by atoms with Crippen molar-refractivity contribution >= 4 is 33.0 Å². The van der Waals surface area contributed by atoms with E-state index in [0.717, 1.165) is 10.4 Å². The van der Waals surface area contributed by atoms with Crippen molar-refractivity contribution in [2.24, 2.45) is 7.05 Å². The van der Waals surface area contributed by atoms with E-state index in [2.05, 4.69) is 25.6 Å². The van der Waals surface area contributed by atoms with E-state index >= 15 is 0 Å². The van der Waals surface area contributed by atoms with Crippen LogP contribution in [0.25, 0.3) is 11.4 Å². The van der Waals surface area contributed by atoms with Crippen molar-refractivity contribution in [1.29, 1.82) is 0 Å². The summed E-state index contributed by atoms with van der Waals surface area (Å²) >= 11 is 1.59. The van der Waals surface area contributed by atoms with Crippen molar-refractivity contribution in [2.45, 2.75) is 11.3 Å². The second-order valence-electron chi connectivity index (χ2n) is 6.91. The molecule has 0 bridgehead atoms. The Hall–Kier alpha value is -3.41. The predicted molar refractivity (Wildman–Crippen MR) is 122 cm³/mol. The molecule has 0 saturated carbocycles. The normalized spacial score (nSPS) is 11.4. The third-order valence-electron chi connectivity index (χ3n) is 4.67. The molecule has 4 rings (SSSR count).